The largest absolute Gasteiger partial charge is 0.343 e. The minimum Gasteiger partial charge on any atom is -0.343 e. The number of Topliss-reactive ketones (excluding diaryl/α,β-unsaturated/α-hetero) is 1. The zero-order valence-electron chi connectivity index (χ0n) is 9.15. The van der Waals surface area contributed by atoms with E-state index in [0.29, 0.717) is 11.1 Å². The molecule has 1 atom stereocenters. The number of benzene rings is 1. The number of carbonyl (C=O) groups excluding carboxylic acids is 2. The van der Waals surface area contributed by atoms with Crippen LogP contribution in [-0.4, -0.2) is 17.7 Å². The van der Waals surface area contributed by atoms with Gasteiger partial charge in [-0.3, -0.25) is 9.59 Å². The Morgan fingerprint density at radius 1 is 1.31 bits per heavy atom. The van der Waals surface area contributed by atoms with Crippen molar-refractivity contribution in [2.75, 3.05) is 0 Å². The van der Waals surface area contributed by atoms with Crippen LogP contribution in [0.5, 0.6) is 0 Å². The number of nitrogens with one attached hydrogen (secondary N) is 1. The molecule has 16 heavy (non-hydrogen) atoms. The third kappa shape index (κ3) is 2.92. The van der Waals surface area contributed by atoms with E-state index in [-0.39, 0.29) is 11.7 Å². The van der Waals surface area contributed by atoms with Gasteiger partial charge in [-0.1, -0.05) is 0 Å². The topological polar surface area (TPSA) is 70.0 Å². The Labute approximate surface area is 93.9 Å². The van der Waals surface area contributed by atoms with Crippen LogP contribution in [0.25, 0.3) is 0 Å². The Morgan fingerprint density at radius 2 is 1.88 bits per heavy atom. The first-order valence-corrected chi connectivity index (χ1v) is 4.86. The van der Waals surface area contributed by atoms with Crippen molar-refractivity contribution in [3.63, 3.8) is 0 Å². The minimum absolute atomic E-state index is 0.0954. The van der Waals surface area contributed by atoms with Crippen LogP contribution in [-0.2, 0) is 4.79 Å². The van der Waals surface area contributed by atoms with Crippen molar-refractivity contribution < 1.29 is 9.59 Å². The fraction of sp³-hybridized carbons (Fsp3) is 0.250. The summed E-state index contributed by atoms with van der Waals surface area (Å²) in [5, 5.41) is 11.2. The second-order valence-electron chi connectivity index (χ2n) is 3.49. The molecule has 0 radical (unpaired) electrons. The van der Waals surface area contributed by atoms with Gasteiger partial charge in [-0.05, 0) is 38.1 Å². The van der Waals surface area contributed by atoms with Crippen LogP contribution in [0.1, 0.15) is 29.8 Å². The summed E-state index contributed by atoms with van der Waals surface area (Å²) in [7, 11) is 0. The molecule has 4 nitrogen and oxygen atoms in total. The normalized spacial score (nSPS) is 11.3. The number of hydrogen-bond acceptors (Lipinski definition) is 3. The lowest BCUT2D eigenvalue weighted by molar-refractivity contribution is -0.118. The Morgan fingerprint density at radius 3 is 2.31 bits per heavy atom. The van der Waals surface area contributed by atoms with E-state index >= 15 is 0 Å². The van der Waals surface area contributed by atoms with E-state index in [4.69, 9.17) is 5.26 Å². The van der Waals surface area contributed by atoms with E-state index in [1.807, 2.05) is 6.07 Å². The van der Waals surface area contributed by atoms with Gasteiger partial charge in [-0.15, -0.1) is 0 Å². The highest BCUT2D eigenvalue weighted by atomic mass is 16.2. The summed E-state index contributed by atoms with van der Waals surface area (Å²) >= 11 is 0. The van der Waals surface area contributed by atoms with Crippen molar-refractivity contribution in [3.8, 4) is 6.07 Å². The molecule has 1 amide bonds. The van der Waals surface area contributed by atoms with Crippen molar-refractivity contribution in [2.24, 2.45) is 0 Å². The molecular weight excluding hydrogens is 204 g/mol. The highest BCUT2D eigenvalue weighted by Gasteiger charge is 2.12. The molecule has 82 valence electrons. The van der Waals surface area contributed by atoms with Crippen LogP contribution in [0, 0.1) is 11.3 Å². The fourth-order valence-corrected chi connectivity index (χ4v) is 1.08. The van der Waals surface area contributed by atoms with Crippen LogP contribution in [0.3, 0.4) is 0 Å². The molecule has 1 N–H and O–H groups in total. The van der Waals surface area contributed by atoms with Crippen LogP contribution in [0.2, 0.25) is 0 Å². The van der Waals surface area contributed by atoms with E-state index in [2.05, 4.69) is 5.32 Å². The lowest BCUT2D eigenvalue weighted by Crippen LogP contribution is -2.37. The van der Waals surface area contributed by atoms with Crippen LogP contribution in [0.4, 0.5) is 0 Å². The lowest BCUT2D eigenvalue weighted by atomic mass is 10.1. The lowest BCUT2D eigenvalue weighted by Gasteiger charge is -2.10. The monoisotopic (exact) mass is 216 g/mol. The zero-order valence-corrected chi connectivity index (χ0v) is 9.15. The molecule has 0 spiro atoms. The smallest absolute Gasteiger partial charge is 0.251 e. The van der Waals surface area contributed by atoms with Gasteiger partial charge < -0.3 is 5.32 Å². The van der Waals surface area contributed by atoms with E-state index < -0.39 is 6.04 Å². The summed E-state index contributed by atoms with van der Waals surface area (Å²) in [6, 6.07) is 7.71. The average Bonchev–Trinajstić information content (AvgIpc) is 2.28. The molecule has 0 bridgehead atoms. The van der Waals surface area contributed by atoms with Gasteiger partial charge in [0.1, 0.15) is 0 Å². The molecule has 0 aromatic heterocycles. The third-order valence-corrected chi connectivity index (χ3v) is 2.23. The van der Waals surface area contributed by atoms with Crippen molar-refractivity contribution in [1.29, 1.82) is 5.26 Å². The van der Waals surface area contributed by atoms with Crippen LogP contribution < -0.4 is 5.32 Å². The molecule has 4 heteroatoms. The van der Waals surface area contributed by atoms with E-state index in [1.165, 1.54) is 6.92 Å². The Hall–Kier alpha value is -2.15. The number of rotatable bonds is 3. The molecule has 1 aromatic rings. The van der Waals surface area contributed by atoms with Gasteiger partial charge in [0.2, 0.25) is 0 Å². The van der Waals surface area contributed by atoms with Gasteiger partial charge in [0.25, 0.3) is 5.91 Å². The number of nitriles is 1. The molecule has 0 heterocycles. The van der Waals surface area contributed by atoms with E-state index in [9.17, 15) is 9.59 Å². The molecule has 0 aliphatic heterocycles. The zero-order chi connectivity index (χ0) is 12.1. The maximum atomic E-state index is 11.6. The number of ketones is 1. The Kier molecular flexibility index (Phi) is 3.78. The van der Waals surface area contributed by atoms with Crippen molar-refractivity contribution >= 4 is 11.7 Å². The summed E-state index contributed by atoms with van der Waals surface area (Å²) in [5.41, 5.74) is 0.934. The summed E-state index contributed by atoms with van der Waals surface area (Å²) in [5.74, 6) is -0.408. The molecule has 0 saturated heterocycles. The molecule has 0 aliphatic carbocycles. The van der Waals surface area contributed by atoms with E-state index in [1.54, 1.807) is 31.2 Å². The number of hydrogen-bond donors (Lipinski definition) is 1. The SMILES string of the molecule is CC(=O)C(C)NC(=O)c1ccc(C#N)cc1. The van der Waals surface area contributed by atoms with Gasteiger partial charge in [0, 0.05) is 5.56 Å². The maximum absolute atomic E-state index is 11.6. The first kappa shape index (κ1) is 11.9. The molecule has 1 aromatic carbocycles. The predicted octanol–water partition coefficient (Wildman–Crippen LogP) is 1.27. The van der Waals surface area contributed by atoms with Crippen LogP contribution in [0.15, 0.2) is 24.3 Å². The van der Waals surface area contributed by atoms with Crippen molar-refractivity contribution in [3.05, 3.63) is 35.4 Å². The quantitative estimate of drug-likeness (QED) is 0.827. The Bertz CT molecular complexity index is 443. The van der Waals surface area contributed by atoms with Gasteiger partial charge in [-0.2, -0.15) is 5.26 Å². The summed E-state index contributed by atoms with van der Waals surface area (Å²) in [4.78, 5) is 22.6. The second kappa shape index (κ2) is 5.08. The second-order valence-corrected chi connectivity index (χ2v) is 3.49. The average molecular weight is 216 g/mol. The predicted molar refractivity (Wildman–Crippen MR) is 58.8 cm³/mol. The molecule has 1 unspecified atom stereocenters. The van der Waals surface area contributed by atoms with Gasteiger partial charge in [-0.25, -0.2) is 0 Å². The van der Waals surface area contributed by atoms with Gasteiger partial charge in [0.05, 0.1) is 17.7 Å². The first-order valence-electron chi connectivity index (χ1n) is 4.86. The first-order chi connectivity index (χ1) is 7.54. The molecule has 0 fully saturated rings. The van der Waals surface area contributed by atoms with Gasteiger partial charge >= 0.3 is 0 Å². The fourth-order valence-electron chi connectivity index (χ4n) is 1.08. The maximum Gasteiger partial charge on any atom is 0.251 e. The third-order valence-electron chi connectivity index (χ3n) is 2.23. The molecular formula is C12H12N2O2. The minimum atomic E-state index is -0.497. The Balaban J connectivity index is 2.74. The molecule has 0 aliphatic rings. The van der Waals surface area contributed by atoms with E-state index in [0.717, 1.165) is 0 Å². The molecule has 0 saturated carbocycles. The van der Waals surface area contributed by atoms with Crippen molar-refractivity contribution in [1.82, 2.24) is 5.32 Å². The summed E-state index contributed by atoms with van der Waals surface area (Å²) in [6.45, 7) is 3.05. The number of nitrogens with zero attached hydrogens (tertiary/aromatic N) is 1. The summed E-state index contributed by atoms with van der Waals surface area (Å²) < 4.78 is 0. The highest BCUT2D eigenvalue weighted by Crippen LogP contribution is 2.03. The number of carbonyl (C=O) groups is 2. The number of amides is 1. The van der Waals surface area contributed by atoms with Crippen molar-refractivity contribution in [2.45, 2.75) is 19.9 Å². The standard InChI is InChI=1S/C12H12N2O2/c1-8(9(2)15)14-12(16)11-5-3-10(7-13)4-6-11/h3-6,8H,1-2H3,(H,14,16). The highest BCUT2D eigenvalue weighted by molar-refractivity contribution is 5.97. The van der Waals surface area contributed by atoms with Gasteiger partial charge in [0.15, 0.2) is 5.78 Å². The molecule has 1 rings (SSSR count). The summed E-state index contributed by atoms with van der Waals surface area (Å²) in [6.07, 6.45) is 0. The van der Waals surface area contributed by atoms with Crippen LogP contribution >= 0.6 is 0 Å².